The van der Waals surface area contributed by atoms with Crippen molar-refractivity contribution in [3.63, 3.8) is 0 Å². The number of nitrogens with two attached hydrogens (primary N) is 1. The second-order valence-electron chi connectivity index (χ2n) is 2.06. The van der Waals surface area contributed by atoms with Gasteiger partial charge in [0.15, 0.2) is 0 Å². The summed E-state index contributed by atoms with van der Waals surface area (Å²) >= 11 is 0. The van der Waals surface area contributed by atoms with E-state index in [1.54, 1.807) is 0 Å². The standard InChI is InChI=1S/C6H12N2O3/c7-2-1-3-8-5(9)4-6(10)11/h1-4,7H2,(H,8,9)(H,10,11). The molecule has 0 spiro atoms. The summed E-state index contributed by atoms with van der Waals surface area (Å²) in [6.07, 6.45) is 0.204. The maximum Gasteiger partial charge on any atom is 0.312 e. The van der Waals surface area contributed by atoms with E-state index in [0.717, 1.165) is 0 Å². The molecule has 0 aliphatic carbocycles. The van der Waals surface area contributed by atoms with E-state index < -0.39 is 18.3 Å². The Bertz CT molecular complexity index is 147. The lowest BCUT2D eigenvalue weighted by Gasteiger charge is -2.00. The van der Waals surface area contributed by atoms with Crippen molar-refractivity contribution >= 4 is 11.9 Å². The molecule has 5 heteroatoms. The molecule has 0 unspecified atom stereocenters. The smallest absolute Gasteiger partial charge is 0.312 e. The molecule has 64 valence electrons. The highest BCUT2D eigenvalue weighted by atomic mass is 16.4. The van der Waals surface area contributed by atoms with Gasteiger partial charge in [-0.3, -0.25) is 9.59 Å². The Morgan fingerprint density at radius 3 is 2.55 bits per heavy atom. The summed E-state index contributed by atoms with van der Waals surface area (Å²) in [7, 11) is 0. The monoisotopic (exact) mass is 160 g/mol. The highest BCUT2D eigenvalue weighted by Crippen LogP contribution is 1.79. The van der Waals surface area contributed by atoms with Gasteiger partial charge in [0.2, 0.25) is 5.91 Å². The molecule has 0 heterocycles. The van der Waals surface area contributed by atoms with Crippen molar-refractivity contribution in [2.75, 3.05) is 13.1 Å². The van der Waals surface area contributed by atoms with Crippen LogP contribution in [0.25, 0.3) is 0 Å². The van der Waals surface area contributed by atoms with E-state index >= 15 is 0 Å². The van der Waals surface area contributed by atoms with Gasteiger partial charge in [-0.25, -0.2) is 0 Å². The van der Waals surface area contributed by atoms with Gasteiger partial charge >= 0.3 is 5.97 Å². The fraction of sp³-hybridized carbons (Fsp3) is 0.667. The first-order valence-corrected chi connectivity index (χ1v) is 3.35. The molecule has 0 saturated heterocycles. The van der Waals surface area contributed by atoms with E-state index in [4.69, 9.17) is 10.8 Å². The molecule has 1 amide bonds. The number of carbonyl (C=O) groups is 2. The molecule has 11 heavy (non-hydrogen) atoms. The predicted octanol–water partition coefficient (Wildman–Crippen LogP) is -1.07. The zero-order chi connectivity index (χ0) is 8.69. The SMILES string of the molecule is NCCCNC(=O)CC(=O)O. The quantitative estimate of drug-likeness (QED) is 0.352. The predicted molar refractivity (Wildman–Crippen MR) is 38.9 cm³/mol. The second-order valence-corrected chi connectivity index (χ2v) is 2.06. The molecular formula is C6H12N2O3. The van der Waals surface area contributed by atoms with E-state index in [1.165, 1.54) is 0 Å². The Morgan fingerprint density at radius 2 is 2.09 bits per heavy atom. The van der Waals surface area contributed by atoms with E-state index in [1.807, 2.05) is 0 Å². The Morgan fingerprint density at radius 1 is 1.45 bits per heavy atom. The minimum absolute atomic E-state index is 0.447. The fourth-order valence-electron chi connectivity index (χ4n) is 0.530. The molecule has 5 nitrogen and oxygen atoms in total. The molecule has 0 bridgehead atoms. The zero-order valence-corrected chi connectivity index (χ0v) is 6.17. The lowest BCUT2D eigenvalue weighted by Crippen LogP contribution is -2.27. The molecule has 4 N–H and O–H groups in total. The minimum Gasteiger partial charge on any atom is -0.481 e. The highest BCUT2D eigenvalue weighted by Gasteiger charge is 2.04. The number of carboxylic acids is 1. The summed E-state index contributed by atoms with van der Waals surface area (Å²) in [5, 5.41) is 10.6. The number of amides is 1. The van der Waals surface area contributed by atoms with Crippen molar-refractivity contribution in [2.24, 2.45) is 5.73 Å². The van der Waals surface area contributed by atoms with Gasteiger partial charge in [0.25, 0.3) is 0 Å². The molecule has 0 saturated carbocycles. The number of carboxylic acid groups (broad SMARTS) is 1. The Kier molecular flexibility index (Phi) is 5.10. The van der Waals surface area contributed by atoms with Crippen LogP contribution in [-0.2, 0) is 9.59 Å². The third kappa shape index (κ3) is 6.79. The minimum atomic E-state index is -1.12. The van der Waals surface area contributed by atoms with Crippen molar-refractivity contribution in [1.29, 1.82) is 0 Å². The van der Waals surface area contributed by atoms with E-state index in [9.17, 15) is 9.59 Å². The van der Waals surface area contributed by atoms with Gasteiger partial charge in [-0.2, -0.15) is 0 Å². The van der Waals surface area contributed by atoms with Crippen molar-refractivity contribution in [2.45, 2.75) is 12.8 Å². The lowest BCUT2D eigenvalue weighted by molar-refractivity contribution is -0.140. The highest BCUT2D eigenvalue weighted by molar-refractivity contribution is 5.93. The molecule has 0 aromatic heterocycles. The van der Waals surface area contributed by atoms with Crippen LogP contribution in [0.3, 0.4) is 0 Å². The van der Waals surface area contributed by atoms with Crippen molar-refractivity contribution in [3.05, 3.63) is 0 Å². The van der Waals surface area contributed by atoms with Gasteiger partial charge in [0, 0.05) is 6.54 Å². The largest absolute Gasteiger partial charge is 0.481 e. The van der Waals surface area contributed by atoms with Crippen LogP contribution >= 0.6 is 0 Å². The number of nitrogens with one attached hydrogen (secondary N) is 1. The van der Waals surface area contributed by atoms with Gasteiger partial charge in [-0.1, -0.05) is 0 Å². The third-order valence-electron chi connectivity index (χ3n) is 1.01. The van der Waals surface area contributed by atoms with E-state index in [0.29, 0.717) is 19.5 Å². The van der Waals surface area contributed by atoms with Crippen LogP contribution < -0.4 is 11.1 Å². The summed E-state index contributed by atoms with van der Waals surface area (Å²) in [6, 6.07) is 0. The van der Waals surface area contributed by atoms with Crippen LogP contribution in [0, 0.1) is 0 Å². The number of hydrogen-bond donors (Lipinski definition) is 3. The number of carbonyl (C=O) groups excluding carboxylic acids is 1. The molecule has 0 aliphatic heterocycles. The summed E-state index contributed by atoms with van der Waals surface area (Å²) < 4.78 is 0. The van der Waals surface area contributed by atoms with Crippen LogP contribution in [-0.4, -0.2) is 30.1 Å². The lowest BCUT2D eigenvalue weighted by atomic mass is 10.4. The van der Waals surface area contributed by atoms with Gasteiger partial charge < -0.3 is 16.2 Å². The molecule has 0 atom stereocenters. The molecule has 0 radical (unpaired) electrons. The number of rotatable bonds is 5. The molecule has 0 aromatic carbocycles. The molecule has 0 fully saturated rings. The molecule has 0 aromatic rings. The first-order valence-electron chi connectivity index (χ1n) is 3.35. The van der Waals surface area contributed by atoms with Gasteiger partial charge in [0.1, 0.15) is 6.42 Å². The van der Waals surface area contributed by atoms with Crippen molar-refractivity contribution in [1.82, 2.24) is 5.32 Å². The second kappa shape index (κ2) is 5.67. The first kappa shape index (κ1) is 9.90. The van der Waals surface area contributed by atoms with Crippen LogP contribution in [0.2, 0.25) is 0 Å². The zero-order valence-electron chi connectivity index (χ0n) is 6.17. The topological polar surface area (TPSA) is 92.4 Å². The van der Waals surface area contributed by atoms with Crippen LogP contribution in [0.15, 0.2) is 0 Å². The Labute approximate surface area is 64.6 Å². The first-order chi connectivity index (χ1) is 5.16. The van der Waals surface area contributed by atoms with E-state index in [-0.39, 0.29) is 0 Å². The summed E-state index contributed by atoms with van der Waals surface area (Å²) in [5.41, 5.74) is 5.15. The normalized spacial score (nSPS) is 9.18. The average molecular weight is 160 g/mol. The van der Waals surface area contributed by atoms with Crippen LogP contribution in [0.1, 0.15) is 12.8 Å². The molecule has 0 aliphatic rings. The van der Waals surface area contributed by atoms with E-state index in [2.05, 4.69) is 5.32 Å². The fourth-order valence-corrected chi connectivity index (χ4v) is 0.530. The van der Waals surface area contributed by atoms with Gasteiger partial charge in [-0.15, -0.1) is 0 Å². The van der Waals surface area contributed by atoms with Crippen LogP contribution in [0.4, 0.5) is 0 Å². The summed E-state index contributed by atoms with van der Waals surface area (Å²) in [4.78, 5) is 20.6. The van der Waals surface area contributed by atoms with Gasteiger partial charge in [-0.05, 0) is 13.0 Å². The Hall–Kier alpha value is -1.10. The Balaban J connectivity index is 3.30. The number of aliphatic carboxylic acids is 1. The number of hydrogen-bond acceptors (Lipinski definition) is 3. The summed E-state index contributed by atoms with van der Waals surface area (Å²) in [5.74, 6) is -1.58. The van der Waals surface area contributed by atoms with Crippen molar-refractivity contribution < 1.29 is 14.7 Å². The molecular weight excluding hydrogens is 148 g/mol. The van der Waals surface area contributed by atoms with Crippen molar-refractivity contribution in [3.8, 4) is 0 Å². The molecule has 0 rings (SSSR count). The maximum absolute atomic E-state index is 10.6. The van der Waals surface area contributed by atoms with Crippen LogP contribution in [0.5, 0.6) is 0 Å². The summed E-state index contributed by atoms with van der Waals surface area (Å²) in [6.45, 7) is 0.940. The maximum atomic E-state index is 10.6. The van der Waals surface area contributed by atoms with Gasteiger partial charge in [0.05, 0.1) is 0 Å². The third-order valence-corrected chi connectivity index (χ3v) is 1.01. The average Bonchev–Trinajstić information content (AvgIpc) is 1.86.